The maximum absolute atomic E-state index is 10.6. The molecule has 1 fully saturated rings. The van der Waals surface area contributed by atoms with Gasteiger partial charge in [-0.2, -0.15) is 8.42 Å². The first-order valence-electron chi connectivity index (χ1n) is 4.70. The van der Waals surface area contributed by atoms with Crippen molar-refractivity contribution in [2.45, 2.75) is 38.1 Å². The molecular formula is C8H18NNaO3S. The molecule has 0 saturated heterocycles. The van der Waals surface area contributed by atoms with Crippen LogP contribution >= 0.6 is 0 Å². The molecule has 3 N–H and O–H groups in total. The Bertz CT molecular complexity index is 249. The Labute approximate surface area is 108 Å². The van der Waals surface area contributed by atoms with E-state index in [2.05, 4.69) is 0 Å². The minimum atomic E-state index is -3.90. The van der Waals surface area contributed by atoms with Crippen LogP contribution in [0.5, 0.6) is 0 Å². The molecule has 1 unspecified atom stereocenters. The van der Waals surface area contributed by atoms with Gasteiger partial charge >= 0.3 is 29.6 Å². The van der Waals surface area contributed by atoms with Gasteiger partial charge in [0.2, 0.25) is 0 Å². The Morgan fingerprint density at radius 2 is 1.79 bits per heavy atom. The molecule has 0 heterocycles. The SMILES string of the molecule is NC(CS(=O)(=O)O)C1CCCCC1.[NaH]. The summed E-state index contributed by atoms with van der Waals surface area (Å²) >= 11 is 0. The van der Waals surface area contributed by atoms with E-state index in [1.165, 1.54) is 6.42 Å². The predicted molar refractivity (Wildman–Crippen MR) is 58.1 cm³/mol. The van der Waals surface area contributed by atoms with E-state index >= 15 is 0 Å². The van der Waals surface area contributed by atoms with Crippen molar-refractivity contribution < 1.29 is 13.0 Å². The molecular weight excluding hydrogens is 213 g/mol. The molecule has 0 bridgehead atoms. The molecule has 0 spiro atoms. The van der Waals surface area contributed by atoms with Gasteiger partial charge in [-0.3, -0.25) is 4.55 Å². The molecule has 0 amide bonds. The van der Waals surface area contributed by atoms with Crippen molar-refractivity contribution in [2.75, 3.05) is 5.75 Å². The van der Waals surface area contributed by atoms with Crippen LogP contribution in [0.2, 0.25) is 0 Å². The van der Waals surface area contributed by atoms with Crippen molar-refractivity contribution >= 4 is 39.7 Å². The summed E-state index contributed by atoms with van der Waals surface area (Å²) in [6.45, 7) is 0. The van der Waals surface area contributed by atoms with E-state index < -0.39 is 16.2 Å². The number of rotatable bonds is 3. The molecule has 0 aliphatic heterocycles. The monoisotopic (exact) mass is 231 g/mol. The molecule has 6 heteroatoms. The molecule has 1 aliphatic rings. The summed E-state index contributed by atoms with van der Waals surface area (Å²) < 4.78 is 29.7. The fraction of sp³-hybridized carbons (Fsp3) is 1.00. The van der Waals surface area contributed by atoms with Crippen molar-refractivity contribution in [1.82, 2.24) is 0 Å². The van der Waals surface area contributed by atoms with Crippen LogP contribution < -0.4 is 5.73 Å². The van der Waals surface area contributed by atoms with Crippen molar-refractivity contribution in [3.8, 4) is 0 Å². The van der Waals surface area contributed by atoms with Gasteiger partial charge in [0.1, 0.15) is 0 Å². The fourth-order valence-electron chi connectivity index (χ4n) is 1.94. The summed E-state index contributed by atoms with van der Waals surface area (Å²) in [5.41, 5.74) is 5.70. The summed E-state index contributed by atoms with van der Waals surface area (Å²) in [7, 11) is -3.90. The first-order valence-corrected chi connectivity index (χ1v) is 6.31. The first-order chi connectivity index (χ1) is 5.99. The van der Waals surface area contributed by atoms with Crippen LogP contribution in [0.1, 0.15) is 32.1 Å². The van der Waals surface area contributed by atoms with Crippen LogP contribution in [-0.4, -0.2) is 54.3 Å². The average molecular weight is 231 g/mol. The normalized spacial score (nSPS) is 21.3. The van der Waals surface area contributed by atoms with Gasteiger partial charge in [-0.25, -0.2) is 0 Å². The number of hydrogen-bond donors (Lipinski definition) is 2. The zero-order chi connectivity index (χ0) is 9.90. The van der Waals surface area contributed by atoms with E-state index in [1.54, 1.807) is 0 Å². The number of nitrogens with two attached hydrogens (primary N) is 1. The van der Waals surface area contributed by atoms with Crippen LogP contribution in [-0.2, 0) is 10.1 Å². The Morgan fingerprint density at radius 1 is 1.29 bits per heavy atom. The number of hydrogen-bond acceptors (Lipinski definition) is 3. The summed E-state index contributed by atoms with van der Waals surface area (Å²) in [6.07, 6.45) is 5.47. The van der Waals surface area contributed by atoms with Gasteiger partial charge in [-0.15, -0.1) is 0 Å². The van der Waals surface area contributed by atoms with E-state index in [9.17, 15) is 8.42 Å². The Kier molecular flexibility index (Phi) is 6.85. The zero-order valence-corrected chi connectivity index (χ0v) is 8.46. The van der Waals surface area contributed by atoms with Crippen molar-refractivity contribution in [3.63, 3.8) is 0 Å². The van der Waals surface area contributed by atoms with Crippen molar-refractivity contribution in [1.29, 1.82) is 0 Å². The van der Waals surface area contributed by atoms with Crippen LogP contribution in [0.4, 0.5) is 0 Å². The molecule has 0 aromatic heterocycles. The second-order valence-corrected chi connectivity index (χ2v) is 5.31. The van der Waals surface area contributed by atoms with Crippen LogP contribution in [0.25, 0.3) is 0 Å². The molecule has 1 saturated carbocycles. The molecule has 14 heavy (non-hydrogen) atoms. The summed E-state index contributed by atoms with van der Waals surface area (Å²) in [6, 6.07) is -0.393. The molecule has 80 valence electrons. The van der Waals surface area contributed by atoms with Crippen molar-refractivity contribution in [2.24, 2.45) is 11.7 Å². The maximum atomic E-state index is 10.6. The summed E-state index contributed by atoms with van der Waals surface area (Å²) in [4.78, 5) is 0. The van der Waals surface area contributed by atoms with Gasteiger partial charge in [-0.1, -0.05) is 19.3 Å². The third kappa shape index (κ3) is 5.68. The van der Waals surface area contributed by atoms with E-state index in [0.717, 1.165) is 25.7 Å². The Hall–Kier alpha value is 0.870. The molecule has 1 atom stereocenters. The minimum absolute atomic E-state index is 0. The Morgan fingerprint density at radius 3 is 2.21 bits per heavy atom. The third-order valence-electron chi connectivity index (χ3n) is 2.66. The van der Waals surface area contributed by atoms with E-state index in [-0.39, 0.29) is 41.2 Å². The van der Waals surface area contributed by atoms with Crippen LogP contribution in [0.15, 0.2) is 0 Å². The van der Waals surface area contributed by atoms with E-state index in [4.69, 9.17) is 10.3 Å². The summed E-state index contributed by atoms with van der Waals surface area (Å²) in [5, 5.41) is 0. The zero-order valence-electron chi connectivity index (χ0n) is 7.65. The second kappa shape index (κ2) is 6.45. The molecule has 0 radical (unpaired) electrons. The molecule has 4 nitrogen and oxygen atoms in total. The average Bonchev–Trinajstić information content (AvgIpc) is 2.03. The molecule has 0 aromatic rings. The standard InChI is InChI=1S/C8H17NO3S.Na.H/c9-8(6-13(10,11)12)7-4-2-1-3-5-7;;/h7-8H,1-6,9H2,(H,10,11,12);;. The fourth-order valence-corrected chi connectivity index (χ4v) is 2.70. The quantitative estimate of drug-likeness (QED) is 0.534. The van der Waals surface area contributed by atoms with Gasteiger partial charge in [0.15, 0.2) is 0 Å². The topological polar surface area (TPSA) is 80.4 Å². The molecule has 0 aromatic carbocycles. The Balaban J connectivity index is 0.00000169. The van der Waals surface area contributed by atoms with Gasteiger partial charge < -0.3 is 5.73 Å². The van der Waals surface area contributed by atoms with Gasteiger partial charge in [0.05, 0.1) is 5.75 Å². The van der Waals surface area contributed by atoms with E-state index in [1.807, 2.05) is 0 Å². The van der Waals surface area contributed by atoms with Gasteiger partial charge in [0.25, 0.3) is 10.1 Å². The molecule has 1 aliphatic carbocycles. The van der Waals surface area contributed by atoms with E-state index in [0.29, 0.717) is 0 Å². The van der Waals surface area contributed by atoms with Crippen molar-refractivity contribution in [3.05, 3.63) is 0 Å². The first kappa shape index (κ1) is 14.9. The van der Waals surface area contributed by atoms with Gasteiger partial charge in [-0.05, 0) is 18.8 Å². The van der Waals surface area contributed by atoms with Crippen LogP contribution in [0, 0.1) is 5.92 Å². The van der Waals surface area contributed by atoms with Gasteiger partial charge in [0, 0.05) is 6.04 Å². The second-order valence-electron chi connectivity index (χ2n) is 3.81. The predicted octanol–water partition coefficient (Wildman–Crippen LogP) is 0.133. The third-order valence-corrected chi connectivity index (χ3v) is 3.46. The molecule has 1 rings (SSSR count). The van der Waals surface area contributed by atoms with Crippen LogP contribution in [0.3, 0.4) is 0 Å². The summed E-state index contributed by atoms with van der Waals surface area (Å²) in [5.74, 6) is -0.0202.